The summed E-state index contributed by atoms with van der Waals surface area (Å²) in [4.78, 5) is 13.2. The maximum Gasteiger partial charge on any atom is 0.255 e. The lowest BCUT2D eigenvalue weighted by Crippen LogP contribution is -2.23. The summed E-state index contributed by atoms with van der Waals surface area (Å²) in [5.41, 5.74) is 3.68. The maximum atomic E-state index is 13.2. The third kappa shape index (κ3) is 5.62. The van der Waals surface area contributed by atoms with Crippen molar-refractivity contribution in [2.24, 2.45) is 0 Å². The second-order valence-corrected chi connectivity index (χ2v) is 9.41. The van der Waals surface area contributed by atoms with Gasteiger partial charge in [0, 0.05) is 24.0 Å². The van der Waals surface area contributed by atoms with Gasteiger partial charge in [-0.25, -0.2) is 13.1 Å². The fourth-order valence-corrected chi connectivity index (χ4v) is 4.03. The quantitative estimate of drug-likeness (QED) is 0.402. The summed E-state index contributed by atoms with van der Waals surface area (Å²) in [5, 5.41) is 7.59. The van der Waals surface area contributed by atoms with Gasteiger partial charge in [-0.15, -0.1) is 0 Å². The van der Waals surface area contributed by atoms with E-state index in [1.54, 1.807) is 36.2 Å². The van der Waals surface area contributed by atoms with E-state index in [0.29, 0.717) is 22.7 Å². The van der Waals surface area contributed by atoms with Crippen LogP contribution in [-0.2, 0) is 16.6 Å². The van der Waals surface area contributed by atoms with Crippen LogP contribution in [-0.4, -0.2) is 37.5 Å². The molecule has 34 heavy (non-hydrogen) atoms. The van der Waals surface area contributed by atoms with Gasteiger partial charge in [0.05, 0.1) is 24.6 Å². The minimum absolute atomic E-state index is 0.214. The monoisotopic (exact) mass is 476 g/mol. The number of rotatable bonds is 8. The Labute approximate surface area is 198 Å². The summed E-state index contributed by atoms with van der Waals surface area (Å²) in [7, 11) is -1.81. The second kappa shape index (κ2) is 9.80. The Morgan fingerprint density at radius 1 is 1.00 bits per heavy atom. The number of methoxy groups -OCH3 is 1. The predicted molar refractivity (Wildman–Crippen MR) is 132 cm³/mol. The number of aromatic nitrogens is 2. The van der Waals surface area contributed by atoms with Gasteiger partial charge < -0.3 is 10.1 Å². The van der Waals surface area contributed by atoms with Crippen LogP contribution >= 0.6 is 0 Å². The normalized spacial score (nSPS) is 11.1. The smallest absolute Gasteiger partial charge is 0.255 e. The lowest BCUT2D eigenvalue weighted by atomic mass is 10.1. The molecule has 0 aliphatic rings. The molecule has 1 heterocycles. The van der Waals surface area contributed by atoms with Crippen LogP contribution in [0.4, 0.5) is 5.69 Å². The van der Waals surface area contributed by atoms with Crippen molar-refractivity contribution in [1.29, 1.82) is 0 Å². The van der Waals surface area contributed by atoms with Crippen molar-refractivity contribution in [3.05, 3.63) is 96.2 Å². The molecule has 0 bridgehead atoms. The molecule has 3 aromatic carbocycles. The Morgan fingerprint density at radius 2 is 1.76 bits per heavy atom. The minimum Gasteiger partial charge on any atom is -0.497 e. The van der Waals surface area contributed by atoms with E-state index in [2.05, 4.69) is 15.1 Å². The SMILES string of the molecule is COc1cccc(-c2nn(-c3ccccc3)cc2C(=O)NCc2cccc(NS(C)(=O)=O)c2)c1. The highest BCUT2D eigenvalue weighted by Crippen LogP contribution is 2.27. The molecule has 0 unspecified atom stereocenters. The molecule has 0 radical (unpaired) electrons. The van der Waals surface area contributed by atoms with Crippen molar-refractivity contribution in [1.82, 2.24) is 15.1 Å². The maximum absolute atomic E-state index is 13.2. The Balaban J connectivity index is 1.63. The fraction of sp³-hybridized carbons (Fsp3) is 0.120. The van der Waals surface area contributed by atoms with Crippen LogP contribution in [0.3, 0.4) is 0 Å². The number of amides is 1. The topological polar surface area (TPSA) is 102 Å². The van der Waals surface area contributed by atoms with E-state index in [9.17, 15) is 13.2 Å². The molecule has 8 nitrogen and oxygen atoms in total. The summed E-state index contributed by atoms with van der Waals surface area (Å²) < 4.78 is 32.4. The van der Waals surface area contributed by atoms with Gasteiger partial charge in [-0.2, -0.15) is 5.10 Å². The summed E-state index contributed by atoms with van der Waals surface area (Å²) in [6.45, 7) is 0.214. The summed E-state index contributed by atoms with van der Waals surface area (Å²) in [6.07, 6.45) is 2.78. The van der Waals surface area contributed by atoms with Crippen molar-refractivity contribution in [3.8, 4) is 22.7 Å². The number of benzene rings is 3. The zero-order valence-corrected chi connectivity index (χ0v) is 19.5. The highest BCUT2D eigenvalue weighted by atomic mass is 32.2. The van der Waals surface area contributed by atoms with E-state index < -0.39 is 10.0 Å². The summed E-state index contributed by atoms with van der Waals surface area (Å²) >= 11 is 0. The Kier molecular flexibility index (Phi) is 6.65. The van der Waals surface area contributed by atoms with Gasteiger partial charge >= 0.3 is 0 Å². The highest BCUT2D eigenvalue weighted by molar-refractivity contribution is 7.92. The molecular formula is C25H24N4O4S. The standard InChI is InChI=1S/C25H24N4O4S/c1-33-22-13-7-9-19(15-22)24-23(17-29(27-24)21-11-4-3-5-12-21)25(30)26-16-18-8-6-10-20(14-18)28-34(2,31)32/h3-15,17,28H,16H2,1-2H3,(H,26,30). The third-order valence-electron chi connectivity index (χ3n) is 5.01. The minimum atomic E-state index is -3.39. The lowest BCUT2D eigenvalue weighted by Gasteiger charge is -2.09. The fourth-order valence-electron chi connectivity index (χ4n) is 3.47. The van der Waals surface area contributed by atoms with Crippen LogP contribution in [0, 0.1) is 0 Å². The number of hydrogen-bond donors (Lipinski definition) is 2. The molecule has 0 aliphatic heterocycles. The van der Waals surface area contributed by atoms with Crippen molar-refractivity contribution >= 4 is 21.6 Å². The zero-order chi connectivity index (χ0) is 24.1. The van der Waals surface area contributed by atoms with Gasteiger partial charge in [0.15, 0.2) is 0 Å². The van der Waals surface area contributed by atoms with Crippen molar-refractivity contribution in [2.75, 3.05) is 18.1 Å². The van der Waals surface area contributed by atoms with E-state index >= 15 is 0 Å². The van der Waals surface area contributed by atoms with Gasteiger partial charge in [-0.3, -0.25) is 9.52 Å². The number of nitrogens with zero attached hydrogens (tertiary/aromatic N) is 2. The van der Waals surface area contributed by atoms with Crippen molar-refractivity contribution < 1.29 is 17.9 Å². The number of hydrogen-bond acceptors (Lipinski definition) is 5. The van der Waals surface area contributed by atoms with Gasteiger partial charge in [-0.05, 0) is 42.0 Å². The molecule has 0 saturated heterocycles. The van der Waals surface area contributed by atoms with Crippen LogP contribution in [0.25, 0.3) is 16.9 Å². The number of sulfonamides is 1. The number of ether oxygens (including phenoxy) is 1. The van der Waals surface area contributed by atoms with Crippen molar-refractivity contribution in [2.45, 2.75) is 6.54 Å². The molecule has 0 aliphatic carbocycles. The van der Waals surface area contributed by atoms with Crippen LogP contribution in [0.1, 0.15) is 15.9 Å². The first-order valence-electron chi connectivity index (χ1n) is 10.5. The molecule has 0 saturated carbocycles. The Morgan fingerprint density at radius 3 is 2.50 bits per heavy atom. The average Bonchev–Trinajstić information content (AvgIpc) is 3.28. The van der Waals surface area contributed by atoms with E-state index in [-0.39, 0.29) is 12.5 Å². The number of anilines is 1. The molecule has 174 valence electrons. The summed E-state index contributed by atoms with van der Waals surface area (Å²) in [6, 6.07) is 23.8. The lowest BCUT2D eigenvalue weighted by molar-refractivity contribution is 0.0951. The molecule has 9 heteroatoms. The molecule has 4 aromatic rings. The van der Waals surface area contributed by atoms with Gasteiger partial charge in [0.2, 0.25) is 10.0 Å². The number of para-hydroxylation sites is 1. The first-order chi connectivity index (χ1) is 16.3. The molecule has 2 N–H and O–H groups in total. The van der Waals surface area contributed by atoms with Gasteiger partial charge in [0.1, 0.15) is 11.4 Å². The van der Waals surface area contributed by atoms with E-state index in [1.807, 2.05) is 60.7 Å². The predicted octanol–water partition coefficient (Wildman–Crippen LogP) is 3.85. The molecule has 1 aromatic heterocycles. The number of nitrogens with one attached hydrogen (secondary N) is 2. The first-order valence-corrected chi connectivity index (χ1v) is 12.4. The molecule has 4 rings (SSSR count). The molecule has 0 atom stereocenters. The largest absolute Gasteiger partial charge is 0.497 e. The zero-order valence-electron chi connectivity index (χ0n) is 18.7. The molecular weight excluding hydrogens is 452 g/mol. The third-order valence-corrected chi connectivity index (χ3v) is 5.61. The first kappa shape index (κ1) is 23.1. The summed E-state index contributed by atoms with van der Waals surface area (Å²) in [5.74, 6) is 0.356. The van der Waals surface area contributed by atoms with Gasteiger partial charge in [-0.1, -0.05) is 42.5 Å². The van der Waals surface area contributed by atoms with Crippen LogP contribution in [0.2, 0.25) is 0 Å². The Bertz CT molecular complexity index is 1420. The number of carbonyl (C=O) groups is 1. The molecule has 0 fully saturated rings. The molecule has 1 amide bonds. The molecule has 0 spiro atoms. The van der Waals surface area contributed by atoms with Crippen LogP contribution in [0.5, 0.6) is 5.75 Å². The van der Waals surface area contributed by atoms with E-state index in [4.69, 9.17) is 4.74 Å². The van der Waals surface area contributed by atoms with E-state index in [0.717, 1.165) is 23.1 Å². The second-order valence-electron chi connectivity index (χ2n) is 7.66. The van der Waals surface area contributed by atoms with Crippen LogP contribution in [0.15, 0.2) is 85.1 Å². The van der Waals surface area contributed by atoms with E-state index in [1.165, 1.54) is 0 Å². The van der Waals surface area contributed by atoms with Crippen LogP contribution < -0.4 is 14.8 Å². The highest BCUT2D eigenvalue weighted by Gasteiger charge is 2.19. The average molecular weight is 477 g/mol. The van der Waals surface area contributed by atoms with Crippen molar-refractivity contribution in [3.63, 3.8) is 0 Å². The Hall–Kier alpha value is -4.11. The number of carbonyl (C=O) groups excluding carboxylic acids is 1. The van der Waals surface area contributed by atoms with Gasteiger partial charge in [0.25, 0.3) is 5.91 Å².